The molecule has 24 heteroatoms. The number of rotatable bonds is 15. The number of hydrogen-bond donors (Lipinski definition) is 8. The normalized spacial score (nSPS) is 27.3. The summed E-state index contributed by atoms with van der Waals surface area (Å²) in [4.78, 5) is 113. The van der Waals surface area contributed by atoms with Gasteiger partial charge in [-0.25, -0.2) is 4.79 Å². The molecular formula is C49H62N6O18. The Balaban J connectivity index is 0.894. The Morgan fingerprint density at radius 3 is 2.30 bits per heavy atom. The molecular weight excluding hydrogens is 961 g/mol. The molecule has 8 rings (SSSR count). The van der Waals surface area contributed by atoms with E-state index in [4.69, 9.17) is 23.7 Å². The Morgan fingerprint density at radius 2 is 1.60 bits per heavy atom. The molecule has 2 aromatic carbocycles. The van der Waals surface area contributed by atoms with Crippen LogP contribution in [0.1, 0.15) is 101 Å². The molecule has 0 saturated carbocycles. The molecule has 4 aliphatic heterocycles. The molecule has 0 aromatic heterocycles. The summed E-state index contributed by atoms with van der Waals surface area (Å²) < 4.78 is 28.4. The highest BCUT2D eigenvalue weighted by Gasteiger charge is 2.51. The number of aliphatic hydroxyl groups excluding tert-OH is 2. The Hall–Kier alpha value is -6.28. The zero-order valence-electron chi connectivity index (χ0n) is 40.8. The highest BCUT2D eigenvalue weighted by Crippen LogP contribution is 2.52. The van der Waals surface area contributed by atoms with E-state index in [1.165, 1.54) is 49.0 Å². The lowest BCUT2D eigenvalue weighted by atomic mass is 9.72. The molecule has 2 aliphatic carbocycles. The summed E-state index contributed by atoms with van der Waals surface area (Å²) in [7, 11) is 1.29. The number of nitrogens with one attached hydrogen (secondary N) is 3. The minimum atomic E-state index is -2.41. The number of phenolic OH excluding ortho intramolecular Hbond substituents is 2. The SMILES string of the molecule is COc1cccc2c1C(=O)c1c(O)c3c(c(O)c1C2=O)C[C@@](O)(C(=O)CO)C[C@@H]3OC1CC(NC(=O)[C@@H]2CCCN2C(=O)CNC(=O)[C@H](C)NC(=O)[C@@H]2CCCN2C(=O)OCCN2CCOCC2)C(O)C(C)O1. The van der Waals surface area contributed by atoms with Crippen molar-refractivity contribution in [2.75, 3.05) is 72.8 Å². The maximum Gasteiger partial charge on any atom is 0.410 e. The largest absolute Gasteiger partial charge is 0.507 e. The van der Waals surface area contributed by atoms with E-state index in [9.17, 15) is 63.9 Å². The van der Waals surface area contributed by atoms with Gasteiger partial charge in [0.1, 0.15) is 60.3 Å². The molecule has 2 aromatic rings. The average Bonchev–Trinajstić information content (AvgIpc) is 4.09. The summed E-state index contributed by atoms with van der Waals surface area (Å²) in [5.74, 6) is -6.80. The Morgan fingerprint density at radius 1 is 0.918 bits per heavy atom. The third kappa shape index (κ3) is 10.6. The monoisotopic (exact) mass is 1020 g/mol. The first-order chi connectivity index (χ1) is 34.9. The van der Waals surface area contributed by atoms with Gasteiger partial charge in [0.15, 0.2) is 17.9 Å². The van der Waals surface area contributed by atoms with Crippen LogP contribution in [0.15, 0.2) is 18.2 Å². The topological polar surface area (TPSA) is 330 Å². The number of amides is 5. The molecule has 5 amide bonds. The van der Waals surface area contributed by atoms with Crippen LogP contribution in [-0.4, -0.2) is 208 Å². The summed E-state index contributed by atoms with van der Waals surface area (Å²) in [6, 6.07) is 0.198. The predicted octanol–water partition coefficient (Wildman–Crippen LogP) is -1.30. The number of hydrogen-bond acceptors (Lipinski definition) is 19. The maximum atomic E-state index is 14.1. The van der Waals surface area contributed by atoms with Crippen LogP contribution in [0.2, 0.25) is 0 Å². The summed E-state index contributed by atoms with van der Waals surface area (Å²) in [5.41, 5.74) is -4.38. The van der Waals surface area contributed by atoms with Crippen molar-refractivity contribution in [3.63, 3.8) is 0 Å². The molecule has 24 nitrogen and oxygen atoms in total. The standard InChI is InChI=1S/C49H62N6O18/c1-24(51-46(65)30-9-6-12-55(30)48(67)71-18-15-53-13-16-70-17-14-53)45(64)50-22-34(58)54-11-5-8-29(54)47(66)52-28-19-35(72-25(2)40(28)59)73-32-21-49(68,33(57)23-56)20-27-37(32)44(63)39-38(42(27)61)41(60)26-7-4-10-31(69-3)36(26)43(39)62/h4,7,10,24-25,28-30,32,35,40,56,59,61,63,68H,5-6,8-9,11-23H2,1-3H3,(H,50,64)(H,51,65)(H,52,66)/t24-,25?,28?,29-,30-,32-,35?,40?,49-/m0/s1. The number of carbonyl (C=O) groups excluding carboxylic acids is 8. The van der Waals surface area contributed by atoms with Gasteiger partial charge in [-0.15, -0.1) is 0 Å². The van der Waals surface area contributed by atoms with Crippen LogP contribution in [0, 0.1) is 0 Å². The summed E-state index contributed by atoms with van der Waals surface area (Å²) in [6.45, 7) is 5.11. The number of benzene rings is 2. The number of aliphatic hydroxyl groups is 3. The summed E-state index contributed by atoms with van der Waals surface area (Å²) in [5, 5.41) is 64.3. The minimum Gasteiger partial charge on any atom is -0.507 e. The van der Waals surface area contributed by atoms with E-state index in [2.05, 4.69) is 20.9 Å². The van der Waals surface area contributed by atoms with Crippen LogP contribution in [-0.2, 0) is 49.3 Å². The maximum absolute atomic E-state index is 14.1. The van der Waals surface area contributed by atoms with Crippen LogP contribution in [0.25, 0.3) is 0 Å². The van der Waals surface area contributed by atoms with Crippen LogP contribution in [0.4, 0.5) is 4.79 Å². The number of methoxy groups -OCH3 is 1. The zero-order chi connectivity index (χ0) is 52.5. The van der Waals surface area contributed by atoms with E-state index >= 15 is 0 Å². The molecule has 4 fully saturated rings. The van der Waals surface area contributed by atoms with Crippen molar-refractivity contribution in [3.05, 3.63) is 51.6 Å². The molecule has 0 bridgehead atoms. The van der Waals surface area contributed by atoms with E-state index in [0.717, 1.165) is 13.1 Å². The molecule has 6 aliphatic rings. The summed E-state index contributed by atoms with van der Waals surface area (Å²) >= 11 is 0. The Kier molecular flexibility index (Phi) is 16.0. The van der Waals surface area contributed by atoms with Gasteiger partial charge in [0, 0.05) is 68.7 Å². The lowest BCUT2D eigenvalue weighted by Gasteiger charge is -2.43. The van der Waals surface area contributed by atoms with E-state index in [1.54, 1.807) is 0 Å². The molecule has 9 atom stereocenters. The molecule has 4 heterocycles. The Labute approximate surface area is 419 Å². The molecule has 0 radical (unpaired) electrons. The van der Waals surface area contributed by atoms with Gasteiger partial charge in [-0.3, -0.25) is 43.4 Å². The molecule has 396 valence electrons. The number of Topliss-reactive ketones (excluding diaryl/α,β-unsaturated/α-hetero) is 1. The van der Waals surface area contributed by atoms with Crippen molar-refractivity contribution >= 4 is 47.1 Å². The van der Waals surface area contributed by atoms with Crippen molar-refractivity contribution < 1.29 is 87.6 Å². The molecule has 8 N–H and O–H groups in total. The fraction of sp³-hybridized carbons (Fsp3) is 0.592. The second kappa shape index (κ2) is 22.1. The first-order valence-corrected chi connectivity index (χ1v) is 24.5. The fourth-order valence-corrected chi connectivity index (χ4v) is 10.7. The average molecular weight is 1020 g/mol. The van der Waals surface area contributed by atoms with Gasteiger partial charge in [0.2, 0.25) is 29.4 Å². The summed E-state index contributed by atoms with van der Waals surface area (Å²) in [6.07, 6.45) is -5.90. The lowest BCUT2D eigenvalue weighted by Crippen LogP contribution is -2.59. The Bertz CT molecular complexity index is 2540. The van der Waals surface area contributed by atoms with E-state index < -0.39 is 150 Å². The highest BCUT2D eigenvalue weighted by molar-refractivity contribution is 6.31. The van der Waals surface area contributed by atoms with Crippen LogP contribution in [0.3, 0.4) is 0 Å². The second-order valence-corrected chi connectivity index (χ2v) is 19.2. The van der Waals surface area contributed by atoms with E-state index in [-0.39, 0.29) is 54.0 Å². The number of nitrogens with zero attached hydrogens (tertiary/aromatic N) is 3. The van der Waals surface area contributed by atoms with E-state index in [0.29, 0.717) is 45.6 Å². The number of ketones is 3. The number of likely N-dealkylation sites (tertiary alicyclic amines) is 2. The number of aromatic hydroxyl groups is 2. The number of fused-ring (bicyclic) bond motifs is 3. The first-order valence-electron chi connectivity index (χ1n) is 24.5. The van der Waals surface area contributed by atoms with Gasteiger partial charge in [-0.1, -0.05) is 12.1 Å². The first kappa shape index (κ1) is 53.0. The van der Waals surface area contributed by atoms with Crippen LogP contribution < -0.4 is 20.7 Å². The minimum absolute atomic E-state index is 0.0272. The van der Waals surface area contributed by atoms with Gasteiger partial charge in [0.05, 0.1) is 61.8 Å². The molecule has 73 heavy (non-hydrogen) atoms. The van der Waals surface area contributed by atoms with Crippen molar-refractivity contribution in [2.24, 2.45) is 0 Å². The van der Waals surface area contributed by atoms with Gasteiger partial charge in [-0.05, 0) is 45.6 Å². The van der Waals surface area contributed by atoms with Gasteiger partial charge in [-0.2, -0.15) is 0 Å². The zero-order valence-corrected chi connectivity index (χ0v) is 40.8. The quantitative estimate of drug-likeness (QED) is 0.0821. The van der Waals surface area contributed by atoms with Crippen LogP contribution in [0.5, 0.6) is 17.2 Å². The number of ether oxygens (including phenoxy) is 5. The molecule has 4 saturated heterocycles. The number of phenols is 2. The smallest absolute Gasteiger partial charge is 0.410 e. The van der Waals surface area contributed by atoms with Crippen molar-refractivity contribution in [2.45, 2.75) is 113 Å². The highest BCUT2D eigenvalue weighted by atomic mass is 16.7. The number of morpholine rings is 1. The predicted molar refractivity (Wildman–Crippen MR) is 249 cm³/mol. The van der Waals surface area contributed by atoms with Gasteiger partial charge in [0.25, 0.3) is 0 Å². The molecule has 0 spiro atoms. The van der Waals surface area contributed by atoms with Crippen molar-refractivity contribution in [1.82, 2.24) is 30.7 Å². The lowest BCUT2D eigenvalue weighted by molar-refractivity contribution is -0.249. The second-order valence-electron chi connectivity index (χ2n) is 19.2. The fourth-order valence-electron chi connectivity index (χ4n) is 10.7. The van der Waals surface area contributed by atoms with Crippen LogP contribution >= 0.6 is 0 Å². The third-order valence-corrected chi connectivity index (χ3v) is 14.7. The van der Waals surface area contributed by atoms with Crippen molar-refractivity contribution in [3.8, 4) is 17.2 Å². The number of carbonyl (C=O) groups is 8. The van der Waals surface area contributed by atoms with Crippen molar-refractivity contribution in [1.29, 1.82) is 0 Å². The molecule has 4 unspecified atom stereocenters. The van der Waals surface area contributed by atoms with Gasteiger partial charge >= 0.3 is 6.09 Å². The van der Waals surface area contributed by atoms with E-state index in [1.807, 2.05) is 0 Å². The van der Waals surface area contributed by atoms with Gasteiger partial charge < -0.3 is 70.1 Å². The third-order valence-electron chi connectivity index (χ3n) is 14.7.